The quantitative estimate of drug-likeness (QED) is 0.801. The van der Waals surface area contributed by atoms with Gasteiger partial charge in [0.15, 0.2) is 0 Å². The maximum absolute atomic E-state index is 12.2. The molecule has 1 aromatic rings. The van der Waals surface area contributed by atoms with Crippen molar-refractivity contribution in [1.29, 1.82) is 0 Å². The average molecular weight is 306 g/mol. The van der Waals surface area contributed by atoms with Gasteiger partial charge in [-0.15, -0.1) is 0 Å². The first-order chi connectivity index (χ1) is 10.5. The average Bonchev–Trinajstić information content (AvgIpc) is 2.49. The molecule has 0 aliphatic carbocycles. The van der Waals surface area contributed by atoms with E-state index in [2.05, 4.69) is 22.2 Å². The molecule has 1 fully saturated rings. The van der Waals surface area contributed by atoms with E-state index in [1.807, 2.05) is 7.05 Å². The van der Waals surface area contributed by atoms with Crippen molar-refractivity contribution in [2.75, 3.05) is 51.9 Å². The molecule has 22 heavy (non-hydrogen) atoms. The number of carbonyl (C=O) groups is 1. The molecule has 6 heteroatoms. The molecule has 0 bridgehead atoms. The van der Waals surface area contributed by atoms with Gasteiger partial charge >= 0.3 is 0 Å². The Hall–Kier alpha value is -1.79. The van der Waals surface area contributed by atoms with E-state index in [0.29, 0.717) is 29.7 Å². The molecule has 0 aromatic heterocycles. The van der Waals surface area contributed by atoms with E-state index < -0.39 is 0 Å². The number of hydrogen-bond acceptors (Lipinski definition) is 5. The number of hydrogen-bond donors (Lipinski definition) is 2. The van der Waals surface area contributed by atoms with E-state index in [0.717, 1.165) is 25.9 Å². The van der Waals surface area contributed by atoms with Gasteiger partial charge in [0, 0.05) is 17.8 Å². The van der Waals surface area contributed by atoms with E-state index in [-0.39, 0.29) is 5.91 Å². The zero-order valence-electron chi connectivity index (χ0n) is 13.6. The standard InChI is InChI=1S/C16H26N4O2/c1-19-8-6-13(7-9-19)20(2)11-16(21)18-14-5-4-12(17)10-15(14)22-3/h4-5,10,13H,6-9,11,17H2,1-3H3,(H,18,21). The Balaban J connectivity index is 1.90. The number of nitrogens with one attached hydrogen (secondary N) is 1. The number of nitrogens with zero attached hydrogens (tertiary/aromatic N) is 2. The molecule has 0 spiro atoms. The molecule has 0 radical (unpaired) electrons. The Morgan fingerprint density at radius 1 is 1.45 bits per heavy atom. The van der Waals surface area contributed by atoms with Crippen LogP contribution in [0.25, 0.3) is 0 Å². The molecule has 0 saturated carbocycles. The summed E-state index contributed by atoms with van der Waals surface area (Å²) < 4.78 is 5.25. The first kappa shape index (κ1) is 16.6. The molecule has 122 valence electrons. The van der Waals surface area contributed by atoms with Gasteiger partial charge in [-0.1, -0.05) is 0 Å². The number of benzene rings is 1. The molecule has 1 aliphatic rings. The zero-order valence-corrected chi connectivity index (χ0v) is 13.6. The summed E-state index contributed by atoms with van der Waals surface area (Å²) >= 11 is 0. The normalized spacial score (nSPS) is 16.7. The lowest BCUT2D eigenvalue weighted by Crippen LogP contribution is -2.44. The highest BCUT2D eigenvalue weighted by Gasteiger charge is 2.22. The minimum Gasteiger partial charge on any atom is -0.494 e. The van der Waals surface area contributed by atoms with E-state index in [1.165, 1.54) is 0 Å². The molecular formula is C16H26N4O2. The van der Waals surface area contributed by atoms with Crippen LogP contribution in [-0.4, -0.2) is 62.6 Å². The van der Waals surface area contributed by atoms with Gasteiger partial charge in [0.25, 0.3) is 0 Å². The zero-order chi connectivity index (χ0) is 16.1. The van der Waals surface area contributed by atoms with Crippen LogP contribution in [0.3, 0.4) is 0 Å². The lowest BCUT2D eigenvalue weighted by molar-refractivity contribution is -0.117. The van der Waals surface area contributed by atoms with Gasteiger partial charge < -0.3 is 20.7 Å². The van der Waals surface area contributed by atoms with Crippen LogP contribution in [0, 0.1) is 0 Å². The summed E-state index contributed by atoms with van der Waals surface area (Å²) in [6.45, 7) is 2.55. The van der Waals surface area contributed by atoms with Crippen LogP contribution in [0.4, 0.5) is 11.4 Å². The molecule has 6 nitrogen and oxygen atoms in total. The van der Waals surface area contributed by atoms with Gasteiger partial charge in [-0.3, -0.25) is 9.69 Å². The lowest BCUT2D eigenvalue weighted by Gasteiger charge is -2.34. The van der Waals surface area contributed by atoms with Crippen LogP contribution in [-0.2, 0) is 4.79 Å². The summed E-state index contributed by atoms with van der Waals surface area (Å²) in [5.41, 5.74) is 6.98. The van der Waals surface area contributed by atoms with E-state index in [9.17, 15) is 4.79 Å². The topological polar surface area (TPSA) is 70.8 Å². The molecule has 1 heterocycles. The molecule has 2 rings (SSSR count). The first-order valence-electron chi connectivity index (χ1n) is 7.61. The first-order valence-corrected chi connectivity index (χ1v) is 7.61. The number of piperidine rings is 1. The monoisotopic (exact) mass is 306 g/mol. The van der Waals surface area contributed by atoms with Gasteiger partial charge in [0.05, 0.1) is 19.3 Å². The Morgan fingerprint density at radius 2 is 2.14 bits per heavy atom. The molecule has 1 aliphatic heterocycles. The second kappa shape index (κ2) is 7.47. The van der Waals surface area contributed by atoms with Crippen molar-refractivity contribution in [2.24, 2.45) is 0 Å². The van der Waals surface area contributed by atoms with Crippen LogP contribution < -0.4 is 15.8 Å². The Morgan fingerprint density at radius 3 is 2.77 bits per heavy atom. The molecule has 1 aromatic carbocycles. The predicted octanol–water partition coefficient (Wildman–Crippen LogP) is 1.24. The number of amides is 1. The number of likely N-dealkylation sites (N-methyl/N-ethyl adjacent to an activating group) is 1. The number of rotatable bonds is 5. The second-order valence-electron chi connectivity index (χ2n) is 5.96. The summed E-state index contributed by atoms with van der Waals surface area (Å²) in [7, 11) is 5.71. The van der Waals surface area contributed by atoms with Crippen molar-refractivity contribution in [3.8, 4) is 5.75 Å². The molecule has 0 atom stereocenters. The minimum atomic E-state index is -0.0375. The summed E-state index contributed by atoms with van der Waals surface area (Å²) in [5, 5.41) is 2.90. The van der Waals surface area contributed by atoms with Gasteiger partial charge in [0.1, 0.15) is 5.75 Å². The van der Waals surface area contributed by atoms with Gasteiger partial charge in [-0.25, -0.2) is 0 Å². The Bertz CT molecular complexity index is 513. The Labute approximate surface area is 132 Å². The maximum Gasteiger partial charge on any atom is 0.238 e. The largest absolute Gasteiger partial charge is 0.494 e. The van der Waals surface area contributed by atoms with Crippen LogP contribution in [0.5, 0.6) is 5.75 Å². The van der Waals surface area contributed by atoms with Gasteiger partial charge in [-0.05, 0) is 52.2 Å². The highest BCUT2D eigenvalue weighted by atomic mass is 16.5. The minimum absolute atomic E-state index is 0.0375. The third kappa shape index (κ3) is 4.35. The van der Waals surface area contributed by atoms with Crippen molar-refractivity contribution in [3.63, 3.8) is 0 Å². The third-order valence-corrected chi connectivity index (χ3v) is 4.20. The van der Waals surface area contributed by atoms with Gasteiger partial charge in [0.2, 0.25) is 5.91 Å². The fraction of sp³-hybridized carbons (Fsp3) is 0.562. The summed E-state index contributed by atoms with van der Waals surface area (Å²) in [5.74, 6) is 0.541. The highest BCUT2D eigenvalue weighted by molar-refractivity contribution is 5.94. The van der Waals surface area contributed by atoms with E-state index >= 15 is 0 Å². The van der Waals surface area contributed by atoms with Crippen LogP contribution in [0.15, 0.2) is 18.2 Å². The van der Waals surface area contributed by atoms with Gasteiger partial charge in [-0.2, -0.15) is 0 Å². The number of ether oxygens (including phenoxy) is 1. The second-order valence-corrected chi connectivity index (χ2v) is 5.96. The summed E-state index contributed by atoms with van der Waals surface area (Å²) in [6.07, 6.45) is 2.21. The number of anilines is 2. The summed E-state index contributed by atoms with van der Waals surface area (Å²) in [4.78, 5) is 16.7. The third-order valence-electron chi connectivity index (χ3n) is 4.20. The van der Waals surface area contributed by atoms with Crippen LogP contribution >= 0.6 is 0 Å². The SMILES string of the molecule is COc1cc(N)ccc1NC(=O)CN(C)C1CCN(C)CC1. The van der Waals surface area contributed by atoms with Crippen molar-refractivity contribution in [3.05, 3.63) is 18.2 Å². The number of carbonyl (C=O) groups excluding carboxylic acids is 1. The van der Waals surface area contributed by atoms with E-state index in [1.54, 1.807) is 25.3 Å². The maximum atomic E-state index is 12.2. The van der Waals surface area contributed by atoms with Crippen LogP contribution in [0.2, 0.25) is 0 Å². The smallest absolute Gasteiger partial charge is 0.238 e. The Kier molecular flexibility index (Phi) is 5.63. The number of likely N-dealkylation sites (tertiary alicyclic amines) is 1. The molecule has 1 saturated heterocycles. The number of nitrogen functional groups attached to an aromatic ring is 1. The van der Waals surface area contributed by atoms with Crippen molar-refractivity contribution in [2.45, 2.75) is 18.9 Å². The summed E-state index contributed by atoms with van der Waals surface area (Å²) in [6, 6.07) is 5.69. The fourth-order valence-electron chi connectivity index (χ4n) is 2.79. The molecule has 0 unspecified atom stereocenters. The number of methoxy groups -OCH3 is 1. The van der Waals surface area contributed by atoms with Crippen molar-refractivity contribution in [1.82, 2.24) is 9.80 Å². The molecule has 3 N–H and O–H groups in total. The molecule has 1 amide bonds. The highest BCUT2D eigenvalue weighted by Crippen LogP contribution is 2.26. The lowest BCUT2D eigenvalue weighted by atomic mass is 10.0. The van der Waals surface area contributed by atoms with Crippen LogP contribution in [0.1, 0.15) is 12.8 Å². The molecular weight excluding hydrogens is 280 g/mol. The number of nitrogens with two attached hydrogens (primary N) is 1. The van der Waals surface area contributed by atoms with Crippen molar-refractivity contribution >= 4 is 17.3 Å². The fourth-order valence-corrected chi connectivity index (χ4v) is 2.79. The van der Waals surface area contributed by atoms with E-state index in [4.69, 9.17) is 10.5 Å². The predicted molar refractivity (Wildman–Crippen MR) is 89.2 cm³/mol. The van der Waals surface area contributed by atoms with Crippen molar-refractivity contribution < 1.29 is 9.53 Å².